The van der Waals surface area contributed by atoms with E-state index in [9.17, 15) is 5.26 Å². The minimum atomic E-state index is 0.638. The van der Waals surface area contributed by atoms with Gasteiger partial charge in [-0.1, -0.05) is 84.9 Å². The quantitative estimate of drug-likeness (QED) is 0.236. The van der Waals surface area contributed by atoms with Crippen LogP contribution in [0.15, 0.2) is 128 Å². The van der Waals surface area contributed by atoms with E-state index in [1.54, 1.807) is 6.20 Å². The lowest BCUT2D eigenvalue weighted by Gasteiger charge is -2.16. The van der Waals surface area contributed by atoms with Gasteiger partial charge in [0.1, 0.15) is 0 Å². The zero-order chi connectivity index (χ0) is 25.5. The normalized spacial score (nSPS) is 11.1. The summed E-state index contributed by atoms with van der Waals surface area (Å²) < 4.78 is 0. The minimum absolute atomic E-state index is 0.638. The van der Waals surface area contributed by atoms with E-state index >= 15 is 0 Å². The molecule has 7 aromatic rings. The summed E-state index contributed by atoms with van der Waals surface area (Å²) in [7, 11) is 0. The molecule has 0 spiro atoms. The Morgan fingerprint density at radius 1 is 0.553 bits per heavy atom. The number of hydrogen-bond acceptors (Lipinski definition) is 3. The first-order valence-electron chi connectivity index (χ1n) is 12.6. The maximum absolute atomic E-state index is 9.32. The summed E-state index contributed by atoms with van der Waals surface area (Å²) in [4.78, 5) is 9.40. The molecule has 0 aliphatic carbocycles. The van der Waals surface area contributed by atoms with Crippen LogP contribution in [0.25, 0.3) is 66.0 Å². The third kappa shape index (κ3) is 3.59. The lowest BCUT2D eigenvalue weighted by molar-refractivity contribution is 1.33. The highest BCUT2D eigenvalue weighted by molar-refractivity contribution is 6.25. The molecular weight excluding hydrogens is 462 g/mol. The molecule has 0 atom stereocenters. The standard InChI is InChI=1S/C35H21N3/c36-21-23-11-13-26(14-12-23)35-32-20-31(25-17-15-24(16-18-25)27-6-5-19-37-22-27)28-7-1-2-8-29(28)34(32)30-9-3-4-10-33(30)38-35/h1-20,22H. The van der Waals surface area contributed by atoms with Crippen LogP contribution >= 0.6 is 0 Å². The highest BCUT2D eigenvalue weighted by Crippen LogP contribution is 2.41. The second-order valence-electron chi connectivity index (χ2n) is 9.38. The molecule has 7 rings (SSSR count). The average molecular weight is 484 g/mol. The summed E-state index contributed by atoms with van der Waals surface area (Å²) in [5.41, 5.74) is 8.05. The van der Waals surface area contributed by atoms with Crippen LogP contribution in [0.5, 0.6) is 0 Å². The fourth-order valence-electron chi connectivity index (χ4n) is 5.35. The number of aromatic nitrogens is 2. The first kappa shape index (κ1) is 21.9. The van der Waals surface area contributed by atoms with Gasteiger partial charge in [-0.3, -0.25) is 4.98 Å². The molecule has 0 fully saturated rings. The molecule has 0 saturated heterocycles. The van der Waals surface area contributed by atoms with E-state index in [1.165, 1.54) is 16.2 Å². The SMILES string of the molecule is N#Cc1ccc(-c2nc3ccccc3c3c2cc(-c2ccc(-c4cccnc4)cc2)c2ccccc23)cc1. The number of nitrogens with zero attached hydrogens (tertiary/aromatic N) is 3. The number of hydrogen-bond donors (Lipinski definition) is 0. The predicted octanol–water partition coefficient (Wildman–Crippen LogP) is 8.81. The predicted molar refractivity (Wildman–Crippen MR) is 156 cm³/mol. The number of benzene rings is 5. The molecule has 0 bridgehead atoms. The van der Waals surface area contributed by atoms with Gasteiger partial charge >= 0.3 is 0 Å². The fraction of sp³-hybridized carbons (Fsp3) is 0. The fourth-order valence-corrected chi connectivity index (χ4v) is 5.35. The molecule has 5 aromatic carbocycles. The third-order valence-corrected chi connectivity index (χ3v) is 7.18. The largest absolute Gasteiger partial charge is 0.264 e. The molecule has 38 heavy (non-hydrogen) atoms. The minimum Gasteiger partial charge on any atom is -0.264 e. The van der Waals surface area contributed by atoms with E-state index in [-0.39, 0.29) is 0 Å². The van der Waals surface area contributed by atoms with Crippen LogP contribution in [-0.2, 0) is 0 Å². The molecule has 0 aliphatic heterocycles. The maximum Gasteiger partial charge on any atom is 0.0991 e. The Kier molecular flexibility index (Phi) is 5.17. The highest BCUT2D eigenvalue weighted by Gasteiger charge is 2.16. The number of nitriles is 1. The third-order valence-electron chi connectivity index (χ3n) is 7.18. The monoisotopic (exact) mass is 483 g/mol. The number of pyridine rings is 2. The van der Waals surface area contributed by atoms with Crippen LogP contribution in [0, 0.1) is 11.3 Å². The summed E-state index contributed by atoms with van der Waals surface area (Å²) >= 11 is 0. The van der Waals surface area contributed by atoms with Crippen LogP contribution < -0.4 is 0 Å². The maximum atomic E-state index is 9.32. The molecule has 0 aliphatic rings. The first-order valence-corrected chi connectivity index (χ1v) is 12.6. The van der Waals surface area contributed by atoms with E-state index in [2.05, 4.69) is 89.9 Å². The van der Waals surface area contributed by atoms with Gasteiger partial charge in [-0.25, -0.2) is 4.98 Å². The van der Waals surface area contributed by atoms with Crippen molar-refractivity contribution in [1.29, 1.82) is 5.26 Å². The molecule has 3 nitrogen and oxygen atoms in total. The van der Waals surface area contributed by atoms with E-state index in [4.69, 9.17) is 4.98 Å². The van der Waals surface area contributed by atoms with Crippen LogP contribution in [0.3, 0.4) is 0 Å². The summed E-state index contributed by atoms with van der Waals surface area (Å²) in [6, 6.07) is 41.9. The molecule has 3 heteroatoms. The van der Waals surface area contributed by atoms with Crippen molar-refractivity contribution >= 4 is 32.4 Å². The van der Waals surface area contributed by atoms with Gasteiger partial charge in [-0.2, -0.15) is 5.26 Å². The average Bonchev–Trinajstić information content (AvgIpc) is 3.00. The summed E-state index contributed by atoms with van der Waals surface area (Å²) in [6.45, 7) is 0. The van der Waals surface area contributed by atoms with Crippen LogP contribution in [0.2, 0.25) is 0 Å². The van der Waals surface area contributed by atoms with Gasteiger partial charge in [0.15, 0.2) is 0 Å². The Bertz CT molecular complexity index is 2000. The van der Waals surface area contributed by atoms with Crippen LogP contribution in [0.4, 0.5) is 0 Å². The molecule has 2 aromatic heterocycles. The van der Waals surface area contributed by atoms with Gasteiger partial charge in [0, 0.05) is 34.1 Å². The molecular formula is C35H21N3. The van der Waals surface area contributed by atoms with E-state index in [1.807, 2.05) is 42.6 Å². The zero-order valence-corrected chi connectivity index (χ0v) is 20.5. The smallest absolute Gasteiger partial charge is 0.0991 e. The second kappa shape index (κ2) is 8.96. The molecule has 0 saturated carbocycles. The zero-order valence-electron chi connectivity index (χ0n) is 20.5. The second-order valence-corrected chi connectivity index (χ2v) is 9.38. The molecule has 0 N–H and O–H groups in total. The number of rotatable bonds is 3. The van der Waals surface area contributed by atoms with Crippen molar-refractivity contribution in [3.63, 3.8) is 0 Å². The molecule has 176 valence electrons. The van der Waals surface area contributed by atoms with Gasteiger partial charge in [-0.15, -0.1) is 0 Å². The van der Waals surface area contributed by atoms with Gasteiger partial charge < -0.3 is 0 Å². The topological polar surface area (TPSA) is 49.6 Å². The Hall–Kier alpha value is -5.33. The van der Waals surface area contributed by atoms with E-state index in [0.29, 0.717) is 5.56 Å². The summed E-state index contributed by atoms with van der Waals surface area (Å²) in [5, 5.41) is 15.1. The summed E-state index contributed by atoms with van der Waals surface area (Å²) in [5.74, 6) is 0. The van der Waals surface area contributed by atoms with Gasteiger partial charge in [-0.05, 0) is 63.4 Å². The Morgan fingerprint density at radius 2 is 1.24 bits per heavy atom. The van der Waals surface area contributed by atoms with Crippen molar-refractivity contribution in [1.82, 2.24) is 9.97 Å². The van der Waals surface area contributed by atoms with Crippen molar-refractivity contribution in [2.75, 3.05) is 0 Å². The van der Waals surface area contributed by atoms with Crippen molar-refractivity contribution in [2.24, 2.45) is 0 Å². The molecule has 2 heterocycles. The Balaban J connectivity index is 1.54. The van der Waals surface area contributed by atoms with Gasteiger partial charge in [0.25, 0.3) is 0 Å². The van der Waals surface area contributed by atoms with Crippen molar-refractivity contribution < 1.29 is 0 Å². The van der Waals surface area contributed by atoms with Crippen LogP contribution in [0.1, 0.15) is 5.56 Å². The van der Waals surface area contributed by atoms with Crippen LogP contribution in [-0.4, -0.2) is 9.97 Å². The molecule has 0 radical (unpaired) electrons. The molecule has 0 amide bonds. The van der Waals surface area contributed by atoms with Crippen molar-refractivity contribution in [3.8, 4) is 39.6 Å². The lowest BCUT2D eigenvalue weighted by atomic mass is 9.89. The Labute approximate surface area is 220 Å². The van der Waals surface area contributed by atoms with Gasteiger partial charge in [0.2, 0.25) is 0 Å². The van der Waals surface area contributed by atoms with Crippen molar-refractivity contribution in [2.45, 2.75) is 0 Å². The van der Waals surface area contributed by atoms with E-state index in [0.717, 1.165) is 49.8 Å². The van der Waals surface area contributed by atoms with Gasteiger partial charge in [0.05, 0.1) is 22.8 Å². The lowest BCUT2D eigenvalue weighted by Crippen LogP contribution is -1.93. The van der Waals surface area contributed by atoms with Crippen molar-refractivity contribution in [3.05, 3.63) is 133 Å². The Morgan fingerprint density at radius 3 is 1.97 bits per heavy atom. The highest BCUT2D eigenvalue weighted by atomic mass is 14.7. The number of para-hydroxylation sites is 1. The van der Waals surface area contributed by atoms with E-state index < -0.39 is 0 Å². The molecule has 0 unspecified atom stereocenters. The first-order chi connectivity index (χ1) is 18.8. The number of fused-ring (bicyclic) bond motifs is 5. The summed E-state index contributed by atoms with van der Waals surface area (Å²) in [6.07, 6.45) is 3.68.